The maximum Gasteiger partial charge on any atom is 0.0794 e. The Kier molecular flexibility index (Phi) is 4.35. The summed E-state index contributed by atoms with van der Waals surface area (Å²) in [5.74, 6) is 0. The van der Waals surface area contributed by atoms with Crippen LogP contribution in [0, 0.1) is 0 Å². The Morgan fingerprint density at radius 1 is 1.62 bits per heavy atom. The Labute approximate surface area is 82.8 Å². The molecule has 0 saturated carbocycles. The van der Waals surface area contributed by atoms with Crippen molar-refractivity contribution in [3.63, 3.8) is 0 Å². The first-order valence-corrected chi connectivity index (χ1v) is 5.34. The Morgan fingerprint density at radius 3 is 2.85 bits per heavy atom. The molecule has 4 heteroatoms. The van der Waals surface area contributed by atoms with E-state index in [0.717, 1.165) is 6.42 Å². The Balaban J connectivity index is 2.40. The van der Waals surface area contributed by atoms with Gasteiger partial charge in [-0.2, -0.15) is 0 Å². The Hall–Kier alpha value is -0.450. The molecule has 1 aromatic heterocycles. The zero-order valence-corrected chi connectivity index (χ0v) is 8.84. The largest absolute Gasteiger partial charge is 0.395 e. The van der Waals surface area contributed by atoms with Gasteiger partial charge in [0.25, 0.3) is 0 Å². The van der Waals surface area contributed by atoms with Gasteiger partial charge in [-0.05, 0) is 0 Å². The van der Waals surface area contributed by atoms with E-state index in [0.29, 0.717) is 6.04 Å². The minimum atomic E-state index is 0.153. The van der Waals surface area contributed by atoms with Crippen LogP contribution in [0.4, 0.5) is 0 Å². The van der Waals surface area contributed by atoms with Gasteiger partial charge < -0.3 is 10.4 Å². The van der Waals surface area contributed by atoms with Crippen LogP contribution in [0.5, 0.6) is 0 Å². The molecule has 0 radical (unpaired) electrons. The lowest BCUT2D eigenvalue weighted by Crippen LogP contribution is -2.38. The molecule has 0 fully saturated rings. The molecule has 1 aromatic rings. The van der Waals surface area contributed by atoms with E-state index >= 15 is 0 Å². The summed E-state index contributed by atoms with van der Waals surface area (Å²) >= 11 is 1.63. The van der Waals surface area contributed by atoms with Crippen molar-refractivity contribution in [3.8, 4) is 0 Å². The van der Waals surface area contributed by atoms with E-state index in [1.54, 1.807) is 11.3 Å². The van der Waals surface area contributed by atoms with Crippen molar-refractivity contribution < 1.29 is 5.11 Å². The first kappa shape index (κ1) is 10.6. The average molecular weight is 200 g/mol. The molecule has 13 heavy (non-hydrogen) atoms. The fraction of sp³-hybridized carbons (Fsp3) is 0.667. The van der Waals surface area contributed by atoms with Crippen LogP contribution in [0.25, 0.3) is 0 Å². The van der Waals surface area contributed by atoms with Gasteiger partial charge in [-0.25, -0.2) is 0 Å². The van der Waals surface area contributed by atoms with E-state index in [4.69, 9.17) is 5.11 Å². The monoisotopic (exact) mass is 200 g/mol. The Bertz CT molecular complexity index is 224. The third-order valence-electron chi connectivity index (χ3n) is 1.72. The van der Waals surface area contributed by atoms with E-state index in [1.165, 1.54) is 4.88 Å². The number of nitrogens with zero attached hydrogens (tertiary/aromatic N) is 1. The highest BCUT2D eigenvalue weighted by Crippen LogP contribution is 2.08. The number of hydrogen-bond donors (Lipinski definition) is 2. The molecule has 1 atom stereocenters. The summed E-state index contributed by atoms with van der Waals surface area (Å²) in [4.78, 5) is 5.21. The van der Waals surface area contributed by atoms with Crippen molar-refractivity contribution in [2.75, 3.05) is 6.61 Å². The van der Waals surface area contributed by atoms with Gasteiger partial charge in [-0.1, -0.05) is 13.8 Å². The van der Waals surface area contributed by atoms with Crippen LogP contribution in [-0.4, -0.2) is 28.8 Å². The van der Waals surface area contributed by atoms with E-state index in [1.807, 2.05) is 11.7 Å². The zero-order valence-electron chi connectivity index (χ0n) is 8.03. The molecular weight excluding hydrogens is 184 g/mol. The fourth-order valence-corrected chi connectivity index (χ4v) is 1.91. The molecule has 3 nitrogen and oxygen atoms in total. The Morgan fingerprint density at radius 2 is 2.38 bits per heavy atom. The predicted octanol–water partition coefficient (Wildman–Crippen LogP) is 1.04. The van der Waals surface area contributed by atoms with Crippen LogP contribution in [0.1, 0.15) is 18.7 Å². The third kappa shape index (κ3) is 3.85. The van der Waals surface area contributed by atoms with Crippen LogP contribution < -0.4 is 5.32 Å². The molecule has 0 saturated heterocycles. The first-order valence-electron chi connectivity index (χ1n) is 4.46. The lowest BCUT2D eigenvalue weighted by atomic mass is 10.2. The molecule has 0 amide bonds. The molecule has 1 heterocycles. The van der Waals surface area contributed by atoms with Gasteiger partial charge >= 0.3 is 0 Å². The lowest BCUT2D eigenvalue weighted by Gasteiger charge is -2.17. The molecule has 0 aliphatic rings. The first-order chi connectivity index (χ1) is 6.22. The summed E-state index contributed by atoms with van der Waals surface area (Å²) in [6.45, 7) is 4.33. The van der Waals surface area contributed by atoms with Crippen LogP contribution in [0.2, 0.25) is 0 Å². The third-order valence-corrected chi connectivity index (χ3v) is 2.52. The minimum Gasteiger partial charge on any atom is -0.395 e. The summed E-state index contributed by atoms with van der Waals surface area (Å²) in [6, 6.07) is 0.561. The van der Waals surface area contributed by atoms with Crippen molar-refractivity contribution >= 4 is 11.3 Å². The number of thiazole rings is 1. The number of nitrogens with one attached hydrogen (secondary N) is 1. The van der Waals surface area contributed by atoms with Crippen molar-refractivity contribution in [1.29, 1.82) is 0 Å². The highest BCUT2D eigenvalue weighted by atomic mass is 32.1. The number of aliphatic hydroxyl groups excluding tert-OH is 1. The molecule has 0 spiro atoms. The second-order valence-corrected chi connectivity index (χ2v) is 4.34. The highest BCUT2D eigenvalue weighted by Gasteiger charge is 2.09. The molecule has 0 aliphatic heterocycles. The van der Waals surface area contributed by atoms with Crippen molar-refractivity contribution in [2.24, 2.45) is 0 Å². The standard InChI is InChI=1S/C9H16N2OS/c1-7(2)11-8(5-12)3-9-4-10-6-13-9/h4,6-8,11-12H,3,5H2,1-2H3. The van der Waals surface area contributed by atoms with Crippen LogP contribution >= 0.6 is 11.3 Å². The van der Waals surface area contributed by atoms with Gasteiger partial charge in [-0.3, -0.25) is 4.98 Å². The molecule has 0 aliphatic carbocycles. The highest BCUT2D eigenvalue weighted by molar-refractivity contribution is 7.09. The van der Waals surface area contributed by atoms with E-state index < -0.39 is 0 Å². The quantitative estimate of drug-likeness (QED) is 0.746. The van der Waals surface area contributed by atoms with Gasteiger partial charge in [0.05, 0.1) is 12.1 Å². The number of aliphatic hydroxyl groups is 1. The van der Waals surface area contributed by atoms with Crippen molar-refractivity contribution in [3.05, 3.63) is 16.6 Å². The summed E-state index contributed by atoms with van der Waals surface area (Å²) in [7, 11) is 0. The van der Waals surface area contributed by atoms with Crippen molar-refractivity contribution in [2.45, 2.75) is 32.4 Å². The normalized spacial score (nSPS) is 13.5. The topological polar surface area (TPSA) is 45.1 Å². The SMILES string of the molecule is CC(C)NC(CO)Cc1cncs1. The van der Waals surface area contributed by atoms with Gasteiger partial charge in [0.1, 0.15) is 0 Å². The van der Waals surface area contributed by atoms with Crippen LogP contribution in [0.3, 0.4) is 0 Å². The zero-order chi connectivity index (χ0) is 9.68. The second-order valence-electron chi connectivity index (χ2n) is 3.37. The molecule has 74 valence electrons. The van der Waals surface area contributed by atoms with E-state index in [9.17, 15) is 0 Å². The van der Waals surface area contributed by atoms with E-state index in [2.05, 4.69) is 24.1 Å². The maximum atomic E-state index is 9.10. The summed E-state index contributed by atoms with van der Waals surface area (Å²) in [6.07, 6.45) is 2.72. The second kappa shape index (κ2) is 5.32. The maximum absolute atomic E-state index is 9.10. The summed E-state index contributed by atoms with van der Waals surface area (Å²) in [5, 5.41) is 12.4. The fourth-order valence-electron chi connectivity index (χ4n) is 1.23. The average Bonchev–Trinajstić information content (AvgIpc) is 2.55. The summed E-state index contributed by atoms with van der Waals surface area (Å²) in [5.41, 5.74) is 1.82. The summed E-state index contributed by atoms with van der Waals surface area (Å²) < 4.78 is 0. The van der Waals surface area contributed by atoms with E-state index in [-0.39, 0.29) is 12.6 Å². The molecule has 1 rings (SSSR count). The molecule has 0 bridgehead atoms. The molecule has 0 aromatic carbocycles. The predicted molar refractivity (Wildman–Crippen MR) is 55.0 cm³/mol. The van der Waals surface area contributed by atoms with Gasteiger partial charge in [0.15, 0.2) is 0 Å². The number of rotatable bonds is 5. The molecule has 1 unspecified atom stereocenters. The lowest BCUT2D eigenvalue weighted by molar-refractivity contribution is 0.235. The van der Waals surface area contributed by atoms with Gasteiger partial charge in [-0.15, -0.1) is 11.3 Å². The number of aromatic nitrogens is 1. The van der Waals surface area contributed by atoms with Crippen LogP contribution in [0.15, 0.2) is 11.7 Å². The smallest absolute Gasteiger partial charge is 0.0794 e. The van der Waals surface area contributed by atoms with Gasteiger partial charge in [0.2, 0.25) is 0 Å². The molecular formula is C9H16N2OS. The van der Waals surface area contributed by atoms with Gasteiger partial charge in [0, 0.05) is 29.6 Å². The number of hydrogen-bond acceptors (Lipinski definition) is 4. The molecule has 2 N–H and O–H groups in total. The van der Waals surface area contributed by atoms with Crippen LogP contribution in [-0.2, 0) is 6.42 Å². The van der Waals surface area contributed by atoms with Crippen molar-refractivity contribution in [1.82, 2.24) is 10.3 Å². The minimum absolute atomic E-state index is 0.153.